The third kappa shape index (κ3) is 5.67. The fourth-order valence-electron chi connectivity index (χ4n) is 1.44. The maximum Gasteiger partial charge on any atom is 0.313 e. The Morgan fingerprint density at radius 1 is 1.21 bits per heavy atom. The van der Waals surface area contributed by atoms with Gasteiger partial charge in [-0.1, -0.05) is 12.1 Å². The Labute approximate surface area is 111 Å². The molecule has 6 heteroatoms. The average Bonchev–Trinajstić information content (AvgIpc) is 2.38. The number of rotatable bonds is 6. The minimum atomic E-state index is -0.700. The fraction of sp³-hybridized carbons (Fsp3) is 0.308. The molecule has 6 nitrogen and oxygen atoms in total. The normalized spacial score (nSPS) is 9.53. The summed E-state index contributed by atoms with van der Waals surface area (Å²) in [6, 6.07) is 7.19. The number of carbonyl (C=O) groups excluding carboxylic acids is 3. The fourth-order valence-corrected chi connectivity index (χ4v) is 1.44. The number of carbonyl (C=O) groups is 3. The van der Waals surface area contributed by atoms with Gasteiger partial charge in [0.25, 0.3) is 0 Å². The monoisotopic (exact) mass is 263 g/mol. The molecule has 0 atom stereocenters. The molecule has 102 valence electrons. The lowest BCUT2D eigenvalue weighted by molar-refractivity contribution is -0.136. The van der Waals surface area contributed by atoms with Crippen molar-refractivity contribution >= 4 is 23.9 Å². The maximum absolute atomic E-state index is 11.5. The van der Waals surface area contributed by atoms with E-state index in [1.54, 1.807) is 18.2 Å². The summed E-state index contributed by atoms with van der Waals surface area (Å²) in [4.78, 5) is 33.0. The minimum Gasteiger partial charge on any atom is -0.359 e. The summed E-state index contributed by atoms with van der Waals surface area (Å²) in [7, 11) is 0. The molecule has 1 rings (SSSR count). The lowest BCUT2D eigenvalue weighted by atomic mass is 10.2. The van der Waals surface area contributed by atoms with Crippen LogP contribution >= 0.6 is 0 Å². The van der Waals surface area contributed by atoms with Crippen LogP contribution in [-0.2, 0) is 14.4 Å². The first-order valence-corrected chi connectivity index (χ1v) is 5.96. The molecular formula is C13H17N3O3. The van der Waals surface area contributed by atoms with Crippen molar-refractivity contribution in [2.24, 2.45) is 0 Å². The first-order valence-electron chi connectivity index (χ1n) is 5.96. The Morgan fingerprint density at radius 2 is 2.00 bits per heavy atom. The lowest BCUT2D eigenvalue weighted by Crippen LogP contribution is -2.36. The Morgan fingerprint density at radius 3 is 2.68 bits per heavy atom. The number of hydrogen-bond donors (Lipinski definition) is 3. The van der Waals surface area contributed by atoms with Gasteiger partial charge >= 0.3 is 11.8 Å². The second-order valence-corrected chi connectivity index (χ2v) is 4.01. The van der Waals surface area contributed by atoms with E-state index in [-0.39, 0.29) is 0 Å². The maximum atomic E-state index is 11.5. The summed E-state index contributed by atoms with van der Waals surface area (Å²) in [6.45, 7) is 2.69. The molecule has 19 heavy (non-hydrogen) atoms. The SMILES string of the molecule is Cc1cccc(NC(=O)C(=O)NCCCNC=O)c1. The van der Waals surface area contributed by atoms with E-state index >= 15 is 0 Å². The summed E-state index contributed by atoms with van der Waals surface area (Å²) >= 11 is 0. The Kier molecular flexibility index (Phi) is 6.08. The van der Waals surface area contributed by atoms with Gasteiger partial charge in [0.05, 0.1) is 0 Å². The van der Waals surface area contributed by atoms with Crippen molar-refractivity contribution in [3.8, 4) is 0 Å². The van der Waals surface area contributed by atoms with Crippen molar-refractivity contribution in [1.29, 1.82) is 0 Å². The Bertz CT molecular complexity index is 460. The van der Waals surface area contributed by atoms with E-state index in [0.29, 0.717) is 31.6 Å². The van der Waals surface area contributed by atoms with Crippen molar-refractivity contribution in [2.75, 3.05) is 18.4 Å². The summed E-state index contributed by atoms with van der Waals surface area (Å²) in [5.41, 5.74) is 1.58. The molecular weight excluding hydrogens is 246 g/mol. The minimum absolute atomic E-state index is 0.334. The van der Waals surface area contributed by atoms with Crippen LogP contribution in [-0.4, -0.2) is 31.3 Å². The van der Waals surface area contributed by atoms with Crippen LogP contribution in [0.15, 0.2) is 24.3 Å². The van der Waals surface area contributed by atoms with E-state index in [0.717, 1.165) is 5.56 Å². The van der Waals surface area contributed by atoms with Gasteiger partial charge in [0.2, 0.25) is 6.41 Å². The predicted octanol–water partition coefficient (Wildman–Crippen LogP) is 0.186. The quantitative estimate of drug-likeness (QED) is 0.389. The third-order valence-electron chi connectivity index (χ3n) is 2.35. The van der Waals surface area contributed by atoms with Crippen LogP contribution in [0.4, 0.5) is 5.69 Å². The van der Waals surface area contributed by atoms with Crippen LogP contribution in [0.2, 0.25) is 0 Å². The van der Waals surface area contributed by atoms with Crippen LogP contribution in [0.25, 0.3) is 0 Å². The Hall–Kier alpha value is -2.37. The number of amides is 3. The van der Waals surface area contributed by atoms with Crippen molar-refractivity contribution < 1.29 is 14.4 Å². The van der Waals surface area contributed by atoms with Crippen molar-refractivity contribution in [2.45, 2.75) is 13.3 Å². The molecule has 0 unspecified atom stereocenters. The molecule has 0 saturated heterocycles. The highest BCUT2D eigenvalue weighted by Crippen LogP contribution is 2.08. The number of hydrogen-bond acceptors (Lipinski definition) is 3. The third-order valence-corrected chi connectivity index (χ3v) is 2.35. The van der Waals surface area contributed by atoms with Crippen molar-refractivity contribution in [3.05, 3.63) is 29.8 Å². The molecule has 0 aliphatic heterocycles. The van der Waals surface area contributed by atoms with E-state index < -0.39 is 11.8 Å². The molecule has 0 radical (unpaired) electrons. The smallest absolute Gasteiger partial charge is 0.313 e. The molecule has 0 saturated carbocycles. The van der Waals surface area contributed by atoms with Crippen LogP contribution in [0, 0.1) is 6.92 Å². The van der Waals surface area contributed by atoms with Gasteiger partial charge in [-0.3, -0.25) is 14.4 Å². The van der Waals surface area contributed by atoms with Crippen LogP contribution in [0.5, 0.6) is 0 Å². The average molecular weight is 263 g/mol. The topological polar surface area (TPSA) is 87.3 Å². The van der Waals surface area contributed by atoms with Crippen LogP contribution in [0.1, 0.15) is 12.0 Å². The molecule has 3 amide bonds. The van der Waals surface area contributed by atoms with Gasteiger partial charge in [0, 0.05) is 18.8 Å². The highest BCUT2D eigenvalue weighted by Gasteiger charge is 2.12. The van der Waals surface area contributed by atoms with Gasteiger partial charge in [-0.2, -0.15) is 0 Å². The van der Waals surface area contributed by atoms with E-state index in [2.05, 4.69) is 16.0 Å². The molecule has 0 spiro atoms. The van der Waals surface area contributed by atoms with E-state index in [9.17, 15) is 14.4 Å². The zero-order valence-electron chi connectivity index (χ0n) is 10.7. The number of benzene rings is 1. The number of aryl methyl sites for hydroxylation is 1. The molecule has 0 bridgehead atoms. The highest BCUT2D eigenvalue weighted by atomic mass is 16.2. The Balaban J connectivity index is 2.32. The molecule has 1 aromatic carbocycles. The summed E-state index contributed by atoms with van der Waals surface area (Å²) < 4.78 is 0. The highest BCUT2D eigenvalue weighted by molar-refractivity contribution is 6.39. The zero-order valence-corrected chi connectivity index (χ0v) is 10.7. The standard InChI is InChI=1S/C13H17N3O3/c1-10-4-2-5-11(8-10)16-13(19)12(18)15-7-3-6-14-9-17/h2,4-5,8-9H,3,6-7H2,1H3,(H,14,17)(H,15,18)(H,16,19). The number of nitrogens with one attached hydrogen (secondary N) is 3. The molecule has 0 aromatic heterocycles. The van der Waals surface area contributed by atoms with Gasteiger partial charge in [0.1, 0.15) is 0 Å². The predicted molar refractivity (Wildman–Crippen MR) is 71.5 cm³/mol. The molecule has 0 aliphatic carbocycles. The first-order chi connectivity index (χ1) is 9.13. The second kappa shape index (κ2) is 7.86. The van der Waals surface area contributed by atoms with Gasteiger partial charge in [-0.05, 0) is 31.0 Å². The molecule has 3 N–H and O–H groups in total. The first kappa shape index (κ1) is 14.7. The molecule has 0 heterocycles. The largest absolute Gasteiger partial charge is 0.359 e. The molecule has 0 fully saturated rings. The van der Waals surface area contributed by atoms with Crippen molar-refractivity contribution in [3.63, 3.8) is 0 Å². The van der Waals surface area contributed by atoms with Crippen molar-refractivity contribution in [1.82, 2.24) is 10.6 Å². The zero-order chi connectivity index (χ0) is 14.1. The van der Waals surface area contributed by atoms with E-state index in [1.807, 2.05) is 13.0 Å². The molecule has 0 aliphatic rings. The van der Waals surface area contributed by atoms with E-state index in [1.165, 1.54) is 0 Å². The van der Waals surface area contributed by atoms with Crippen LogP contribution in [0.3, 0.4) is 0 Å². The van der Waals surface area contributed by atoms with Gasteiger partial charge in [-0.25, -0.2) is 0 Å². The summed E-state index contributed by atoms with van der Waals surface area (Å²) in [6.07, 6.45) is 1.16. The molecule has 1 aromatic rings. The summed E-state index contributed by atoms with van der Waals surface area (Å²) in [5, 5.41) is 7.45. The van der Waals surface area contributed by atoms with E-state index in [4.69, 9.17) is 0 Å². The van der Waals surface area contributed by atoms with Gasteiger partial charge in [-0.15, -0.1) is 0 Å². The van der Waals surface area contributed by atoms with Gasteiger partial charge in [0.15, 0.2) is 0 Å². The summed E-state index contributed by atoms with van der Waals surface area (Å²) in [5.74, 6) is -1.39. The second-order valence-electron chi connectivity index (χ2n) is 4.01. The van der Waals surface area contributed by atoms with Crippen LogP contribution < -0.4 is 16.0 Å². The van der Waals surface area contributed by atoms with Gasteiger partial charge < -0.3 is 16.0 Å². The lowest BCUT2D eigenvalue weighted by Gasteiger charge is -2.06. The number of anilines is 1.